The van der Waals surface area contributed by atoms with Crippen LogP contribution in [0.3, 0.4) is 0 Å². The molecule has 0 bridgehead atoms. The fraction of sp³-hybridized carbons (Fsp3) is 0.263. The Bertz CT molecular complexity index is 1510. The van der Waals surface area contributed by atoms with Gasteiger partial charge in [-0.1, -0.05) is 0 Å². The molecule has 0 saturated carbocycles. The summed E-state index contributed by atoms with van der Waals surface area (Å²) in [6.07, 6.45) is 9.64. The SMILES string of the molecule is Cc1cc(C)cc([NH][Hf+]([CH]2C=Cc3ccccc32)[SiH](C)C)c1.Cc1cc(C)cc([NH][Hf+]([CH]2C=Cc3ccccc32)[SiH](C)C)c1.[Cl-].[Cl-]. The predicted molar refractivity (Wildman–Crippen MR) is 193 cm³/mol. The van der Waals surface area contributed by atoms with Crippen LogP contribution >= 0.6 is 0 Å². The van der Waals surface area contributed by atoms with Gasteiger partial charge in [-0.15, -0.1) is 0 Å². The molecule has 0 spiro atoms. The van der Waals surface area contributed by atoms with Crippen molar-refractivity contribution in [3.8, 4) is 0 Å². The van der Waals surface area contributed by atoms with Crippen LogP contribution in [0.5, 0.6) is 0 Å². The second kappa shape index (κ2) is 17.9. The van der Waals surface area contributed by atoms with E-state index in [9.17, 15) is 0 Å². The maximum Gasteiger partial charge on any atom is -1.00 e. The second-order valence-electron chi connectivity index (χ2n) is 13.2. The van der Waals surface area contributed by atoms with E-state index in [4.69, 9.17) is 0 Å². The third kappa shape index (κ3) is 9.88. The first-order chi connectivity index (χ1) is 21.1. The minimum atomic E-state index is -1.92. The zero-order valence-corrected chi connectivity index (χ0v) is 39.5. The standard InChI is InChI=1S/2C9H7.2C8H10N.2C2H7Si.2ClH.2Hf/c2*1-2-5-9-7-3-6-8(9)4-1;2*1-6-3-7(2)5-8(9)4-6;2*1-3-2;;;;/h2*1-7H;2*3-5,9H,1-2H3;2*3H,1-2H3;2*1H;;/q;;2*-1;;;;;2*+2/p-2. The van der Waals surface area contributed by atoms with Crippen LogP contribution < -0.4 is 31.4 Å². The molecule has 0 fully saturated rings. The Balaban J connectivity index is 0.000000240. The number of anilines is 2. The van der Waals surface area contributed by atoms with Gasteiger partial charge in [-0.2, -0.15) is 0 Å². The van der Waals surface area contributed by atoms with Crippen LogP contribution in [-0.2, 0) is 41.8 Å². The van der Waals surface area contributed by atoms with Gasteiger partial charge in [0.05, 0.1) is 0 Å². The Hall–Kier alpha value is -1.29. The van der Waals surface area contributed by atoms with Crippen LogP contribution in [0.15, 0.2) is 97.1 Å². The van der Waals surface area contributed by atoms with Crippen molar-refractivity contribution in [3.05, 3.63) is 142 Å². The normalized spacial score (nSPS) is 15.3. The summed E-state index contributed by atoms with van der Waals surface area (Å²) in [6, 6.07) is 31.7. The quantitative estimate of drug-likeness (QED) is 0.261. The molecule has 4 aromatic rings. The van der Waals surface area contributed by atoms with Gasteiger partial charge in [0.25, 0.3) is 0 Å². The van der Waals surface area contributed by atoms with Crippen molar-refractivity contribution in [3.63, 3.8) is 0 Å². The zero-order chi connectivity index (χ0) is 31.4. The number of benzene rings is 4. The number of hydrogen-bond donors (Lipinski definition) is 2. The minimum absolute atomic E-state index is 0. The van der Waals surface area contributed by atoms with E-state index in [0.717, 1.165) is 0 Å². The van der Waals surface area contributed by atoms with Gasteiger partial charge in [0.15, 0.2) is 0 Å². The Kier molecular flexibility index (Phi) is 15.3. The molecule has 8 heteroatoms. The van der Waals surface area contributed by atoms with E-state index < -0.39 is 53.8 Å². The fourth-order valence-electron chi connectivity index (χ4n) is 6.63. The molecule has 0 saturated heterocycles. The molecule has 2 aliphatic rings. The molecule has 46 heavy (non-hydrogen) atoms. The van der Waals surface area contributed by atoms with E-state index in [-0.39, 0.29) is 24.8 Å². The molecule has 2 unspecified atom stereocenters. The van der Waals surface area contributed by atoms with Crippen LogP contribution in [0, 0.1) is 27.7 Å². The summed E-state index contributed by atoms with van der Waals surface area (Å²) in [7, 11) is 0. The summed E-state index contributed by atoms with van der Waals surface area (Å²) in [6.45, 7) is 18.9. The number of fused-ring (bicyclic) bond motifs is 2. The molecule has 0 radical (unpaired) electrons. The molecule has 0 aliphatic heterocycles. The van der Waals surface area contributed by atoms with Crippen molar-refractivity contribution in [2.45, 2.75) is 61.2 Å². The molecule has 2 N–H and O–H groups in total. The van der Waals surface area contributed by atoms with Gasteiger partial charge < -0.3 is 24.8 Å². The molecule has 2 nitrogen and oxygen atoms in total. The van der Waals surface area contributed by atoms with E-state index >= 15 is 0 Å². The van der Waals surface area contributed by atoms with Gasteiger partial charge in [0, 0.05) is 0 Å². The Morgan fingerprint density at radius 2 is 0.826 bits per heavy atom. The van der Waals surface area contributed by atoms with E-state index in [0.29, 0.717) is 7.35 Å². The molecule has 2 atom stereocenters. The van der Waals surface area contributed by atoms with E-state index in [1.807, 2.05) is 0 Å². The Morgan fingerprint density at radius 3 is 1.15 bits per heavy atom. The van der Waals surface area contributed by atoms with Crippen molar-refractivity contribution in [1.29, 1.82) is 0 Å². The molecule has 4 aromatic carbocycles. The van der Waals surface area contributed by atoms with Gasteiger partial charge in [-0.3, -0.25) is 0 Å². The van der Waals surface area contributed by atoms with Crippen LogP contribution in [0.4, 0.5) is 11.4 Å². The van der Waals surface area contributed by atoms with Gasteiger partial charge >= 0.3 is 287 Å². The molecule has 0 aromatic heterocycles. The van der Waals surface area contributed by atoms with Crippen molar-refractivity contribution in [2.75, 3.05) is 6.61 Å². The largest absolute Gasteiger partial charge is 1.00 e. The minimum Gasteiger partial charge on any atom is -1.00 e. The number of halogens is 2. The monoisotopic (exact) mass is 1020 g/mol. The number of rotatable bonds is 8. The van der Waals surface area contributed by atoms with Crippen molar-refractivity contribution >= 4 is 35.5 Å². The second-order valence-corrected chi connectivity index (χ2v) is 65.7. The number of allylic oxidation sites excluding steroid dienone is 2. The first-order valence-electron chi connectivity index (χ1n) is 16.1. The molecular weight excluding hydrogens is 968 g/mol. The fourth-order valence-corrected chi connectivity index (χ4v) is 48.9. The molecule has 0 amide bonds. The Morgan fingerprint density at radius 1 is 0.500 bits per heavy atom. The van der Waals surface area contributed by atoms with Crippen LogP contribution in [-0.4, -0.2) is 12.0 Å². The maximum absolute atomic E-state index is 4.07. The van der Waals surface area contributed by atoms with Crippen molar-refractivity contribution in [1.82, 2.24) is 0 Å². The number of aryl methyl sites for hydroxylation is 4. The van der Waals surface area contributed by atoms with Gasteiger partial charge in [-0.25, -0.2) is 0 Å². The number of hydrogen-bond acceptors (Lipinski definition) is 2. The summed E-state index contributed by atoms with van der Waals surface area (Å²) in [5.74, 6) is -1.30. The third-order valence-electron chi connectivity index (χ3n) is 8.53. The molecule has 6 rings (SSSR count). The van der Waals surface area contributed by atoms with E-state index in [2.05, 4.69) is 170 Å². The average Bonchev–Trinajstić information content (AvgIpc) is 3.58. The summed E-state index contributed by atoms with van der Waals surface area (Å²) in [5, 5.41) is 0. The molecule has 2 aliphatic carbocycles. The van der Waals surface area contributed by atoms with Crippen molar-refractivity contribution < 1.29 is 66.6 Å². The average molecular weight is 1020 g/mol. The molecule has 240 valence electrons. The van der Waals surface area contributed by atoms with Crippen LogP contribution in [0.1, 0.15) is 51.9 Å². The third-order valence-corrected chi connectivity index (χ3v) is 58.7. The van der Waals surface area contributed by atoms with E-state index in [1.54, 1.807) is 11.1 Å². The van der Waals surface area contributed by atoms with Crippen LogP contribution in [0.2, 0.25) is 26.2 Å². The topological polar surface area (TPSA) is 24.1 Å². The van der Waals surface area contributed by atoms with Gasteiger partial charge in [0.1, 0.15) is 0 Å². The van der Waals surface area contributed by atoms with E-state index in [1.165, 1.54) is 44.8 Å². The predicted octanol–water partition coefficient (Wildman–Crippen LogP) is 4.01. The van der Waals surface area contributed by atoms with Crippen molar-refractivity contribution in [2.24, 2.45) is 0 Å². The maximum atomic E-state index is 4.07. The molecule has 0 heterocycles. The van der Waals surface area contributed by atoms with Crippen LogP contribution in [0.25, 0.3) is 12.2 Å². The molecular formula is C38H48Cl2Hf2N2Si2. The summed E-state index contributed by atoms with van der Waals surface area (Å²) in [5.41, 5.74) is 14.2. The first-order valence-corrected chi connectivity index (χ1v) is 42.0. The summed E-state index contributed by atoms with van der Waals surface area (Å²) in [4.78, 5) is 0. The zero-order valence-electron chi connectivity index (χ0n) is 28.5. The summed E-state index contributed by atoms with van der Waals surface area (Å²) < 4.78 is 9.57. The van der Waals surface area contributed by atoms with Gasteiger partial charge in [-0.05, 0) is 0 Å². The first kappa shape index (κ1) is 39.2. The van der Waals surface area contributed by atoms with Gasteiger partial charge in [0.2, 0.25) is 0 Å². The Labute approximate surface area is 308 Å². The number of nitrogens with one attached hydrogen (secondary N) is 2. The summed E-state index contributed by atoms with van der Waals surface area (Å²) >= 11 is -3.84. The smallest absolute Gasteiger partial charge is 1.00 e.